The second-order valence-corrected chi connectivity index (χ2v) is 5.04. The predicted molar refractivity (Wildman–Crippen MR) is 61.9 cm³/mol. The van der Waals surface area contributed by atoms with Crippen molar-refractivity contribution in [2.24, 2.45) is 0 Å². The van der Waals surface area contributed by atoms with E-state index in [2.05, 4.69) is 35.9 Å². The van der Waals surface area contributed by atoms with Gasteiger partial charge in [0.1, 0.15) is 0 Å². The molecule has 1 aromatic carbocycles. The number of aryl methyl sites for hydroxylation is 1. The molecule has 0 atom stereocenters. The standard InChI is InChI=1S/C11H8S2/c1-7-9-3-5-12-10(9)6-8-2-4-13-11(7)8/h2-6H,1H3. The van der Waals surface area contributed by atoms with Gasteiger partial charge < -0.3 is 0 Å². The Hall–Kier alpha value is -0.860. The molecule has 0 amide bonds. The Morgan fingerprint density at radius 1 is 1.08 bits per heavy atom. The summed E-state index contributed by atoms with van der Waals surface area (Å²) >= 11 is 3.66. The summed E-state index contributed by atoms with van der Waals surface area (Å²) in [6.07, 6.45) is 0. The third-order valence-electron chi connectivity index (χ3n) is 2.42. The summed E-state index contributed by atoms with van der Waals surface area (Å²) in [6.45, 7) is 2.22. The first-order chi connectivity index (χ1) is 6.36. The van der Waals surface area contributed by atoms with Crippen LogP contribution in [0.25, 0.3) is 20.2 Å². The molecular formula is C11H8S2. The molecule has 0 N–H and O–H groups in total. The summed E-state index contributed by atoms with van der Waals surface area (Å²) in [4.78, 5) is 0. The summed E-state index contributed by atoms with van der Waals surface area (Å²) in [7, 11) is 0. The van der Waals surface area contributed by atoms with Crippen molar-refractivity contribution in [1.29, 1.82) is 0 Å². The Kier molecular flexibility index (Phi) is 1.49. The monoisotopic (exact) mass is 204 g/mol. The first kappa shape index (κ1) is 7.54. The largest absolute Gasteiger partial charge is 0.144 e. The van der Waals surface area contributed by atoms with Gasteiger partial charge >= 0.3 is 0 Å². The summed E-state index contributed by atoms with van der Waals surface area (Å²) in [6, 6.07) is 6.71. The second-order valence-electron chi connectivity index (χ2n) is 3.17. The highest BCUT2D eigenvalue weighted by atomic mass is 32.1. The van der Waals surface area contributed by atoms with Crippen LogP contribution in [0, 0.1) is 6.92 Å². The number of benzene rings is 1. The molecule has 2 heterocycles. The molecule has 0 fully saturated rings. The highest BCUT2D eigenvalue weighted by molar-refractivity contribution is 7.19. The maximum Gasteiger partial charge on any atom is 0.0378 e. The van der Waals surface area contributed by atoms with Gasteiger partial charge in [-0.05, 0) is 52.2 Å². The van der Waals surface area contributed by atoms with Crippen LogP contribution in [0.4, 0.5) is 0 Å². The van der Waals surface area contributed by atoms with Gasteiger partial charge in [0.25, 0.3) is 0 Å². The Balaban J connectivity index is 2.67. The van der Waals surface area contributed by atoms with Gasteiger partial charge in [-0.2, -0.15) is 0 Å². The number of thiophene rings is 2. The van der Waals surface area contributed by atoms with Gasteiger partial charge in [0.05, 0.1) is 0 Å². The van der Waals surface area contributed by atoms with E-state index >= 15 is 0 Å². The SMILES string of the molecule is Cc1c2ccsc2cc2ccsc12. The minimum Gasteiger partial charge on any atom is -0.144 e. The quantitative estimate of drug-likeness (QED) is 0.508. The molecule has 3 rings (SSSR count). The van der Waals surface area contributed by atoms with E-state index in [1.165, 1.54) is 25.7 Å². The van der Waals surface area contributed by atoms with Crippen LogP contribution in [0.5, 0.6) is 0 Å². The fourth-order valence-corrected chi connectivity index (χ4v) is 3.54. The van der Waals surface area contributed by atoms with E-state index in [0.29, 0.717) is 0 Å². The fraction of sp³-hybridized carbons (Fsp3) is 0.0909. The lowest BCUT2D eigenvalue weighted by molar-refractivity contribution is 1.64. The van der Waals surface area contributed by atoms with Crippen molar-refractivity contribution >= 4 is 42.8 Å². The molecule has 0 aliphatic heterocycles. The van der Waals surface area contributed by atoms with Crippen molar-refractivity contribution in [2.45, 2.75) is 6.92 Å². The average Bonchev–Trinajstić information content (AvgIpc) is 2.71. The Labute approximate surface area is 84.4 Å². The summed E-state index contributed by atoms with van der Waals surface area (Å²) in [5.41, 5.74) is 1.43. The van der Waals surface area contributed by atoms with Crippen LogP contribution in [0.3, 0.4) is 0 Å². The Bertz CT molecular complexity index is 523. The van der Waals surface area contributed by atoms with Crippen LogP contribution in [0.15, 0.2) is 29.0 Å². The van der Waals surface area contributed by atoms with Gasteiger partial charge in [-0.1, -0.05) is 0 Å². The highest BCUT2D eigenvalue weighted by Gasteiger charge is 2.04. The third kappa shape index (κ3) is 0.960. The zero-order valence-electron chi connectivity index (χ0n) is 7.20. The van der Waals surface area contributed by atoms with E-state index < -0.39 is 0 Å². The van der Waals surface area contributed by atoms with Crippen LogP contribution < -0.4 is 0 Å². The van der Waals surface area contributed by atoms with Gasteiger partial charge in [0, 0.05) is 9.40 Å². The van der Waals surface area contributed by atoms with E-state index in [4.69, 9.17) is 0 Å². The van der Waals surface area contributed by atoms with Crippen LogP contribution in [0.2, 0.25) is 0 Å². The van der Waals surface area contributed by atoms with Crippen molar-refractivity contribution in [3.05, 3.63) is 34.5 Å². The molecule has 0 radical (unpaired) electrons. The van der Waals surface area contributed by atoms with Gasteiger partial charge in [-0.3, -0.25) is 0 Å². The lowest BCUT2D eigenvalue weighted by Gasteiger charge is -1.97. The zero-order chi connectivity index (χ0) is 8.84. The second kappa shape index (κ2) is 2.56. The smallest absolute Gasteiger partial charge is 0.0378 e. The van der Waals surface area contributed by atoms with E-state index in [-0.39, 0.29) is 0 Å². The van der Waals surface area contributed by atoms with Crippen molar-refractivity contribution in [3.63, 3.8) is 0 Å². The number of hydrogen-bond acceptors (Lipinski definition) is 2. The Morgan fingerprint density at radius 3 is 2.85 bits per heavy atom. The normalized spacial score (nSPS) is 11.5. The minimum absolute atomic E-state index is 1.39. The van der Waals surface area contributed by atoms with Gasteiger partial charge in [0.2, 0.25) is 0 Å². The zero-order valence-corrected chi connectivity index (χ0v) is 8.84. The molecule has 3 aromatic rings. The molecule has 64 valence electrons. The van der Waals surface area contributed by atoms with Gasteiger partial charge in [-0.25, -0.2) is 0 Å². The lowest BCUT2D eigenvalue weighted by Crippen LogP contribution is -1.72. The number of fused-ring (bicyclic) bond motifs is 2. The van der Waals surface area contributed by atoms with Crippen LogP contribution in [0.1, 0.15) is 5.56 Å². The number of hydrogen-bond donors (Lipinski definition) is 0. The van der Waals surface area contributed by atoms with Crippen LogP contribution in [-0.2, 0) is 0 Å². The summed E-state index contributed by atoms with van der Waals surface area (Å²) in [5, 5.41) is 7.14. The van der Waals surface area contributed by atoms with Crippen LogP contribution >= 0.6 is 22.7 Å². The molecule has 2 aromatic heterocycles. The van der Waals surface area contributed by atoms with Crippen molar-refractivity contribution in [2.75, 3.05) is 0 Å². The van der Waals surface area contributed by atoms with Crippen molar-refractivity contribution in [3.8, 4) is 0 Å². The van der Waals surface area contributed by atoms with Gasteiger partial charge in [-0.15, -0.1) is 22.7 Å². The minimum atomic E-state index is 1.39. The third-order valence-corrected chi connectivity index (χ3v) is 4.34. The molecule has 0 saturated carbocycles. The molecule has 13 heavy (non-hydrogen) atoms. The molecular weight excluding hydrogens is 196 g/mol. The van der Waals surface area contributed by atoms with Crippen molar-refractivity contribution in [1.82, 2.24) is 0 Å². The summed E-state index contributed by atoms with van der Waals surface area (Å²) in [5.74, 6) is 0. The highest BCUT2D eigenvalue weighted by Crippen LogP contribution is 2.33. The van der Waals surface area contributed by atoms with E-state index in [9.17, 15) is 0 Å². The maximum absolute atomic E-state index is 2.29. The van der Waals surface area contributed by atoms with E-state index in [1.807, 2.05) is 22.7 Å². The van der Waals surface area contributed by atoms with Crippen molar-refractivity contribution < 1.29 is 0 Å². The first-order valence-electron chi connectivity index (χ1n) is 4.20. The number of rotatable bonds is 0. The molecule has 0 unspecified atom stereocenters. The molecule has 0 spiro atoms. The van der Waals surface area contributed by atoms with E-state index in [1.54, 1.807) is 0 Å². The molecule has 2 heteroatoms. The Morgan fingerprint density at radius 2 is 1.92 bits per heavy atom. The first-order valence-corrected chi connectivity index (χ1v) is 5.96. The average molecular weight is 204 g/mol. The molecule has 0 bridgehead atoms. The predicted octanol–water partition coefficient (Wildman–Crippen LogP) is 4.42. The molecule has 0 aliphatic carbocycles. The van der Waals surface area contributed by atoms with Crippen LogP contribution in [-0.4, -0.2) is 0 Å². The van der Waals surface area contributed by atoms with E-state index in [0.717, 1.165) is 0 Å². The molecule has 0 nitrogen and oxygen atoms in total. The van der Waals surface area contributed by atoms with Gasteiger partial charge in [0.15, 0.2) is 0 Å². The molecule has 0 aliphatic rings. The molecule has 0 saturated heterocycles. The summed E-state index contributed by atoms with van der Waals surface area (Å²) < 4.78 is 2.84. The topological polar surface area (TPSA) is 0 Å². The lowest BCUT2D eigenvalue weighted by atomic mass is 10.1. The maximum atomic E-state index is 2.29. The fourth-order valence-electron chi connectivity index (χ4n) is 1.74.